The highest BCUT2D eigenvalue weighted by molar-refractivity contribution is 5.72. The summed E-state index contributed by atoms with van der Waals surface area (Å²) >= 11 is 0. The van der Waals surface area contributed by atoms with Crippen molar-refractivity contribution in [1.29, 1.82) is 0 Å². The summed E-state index contributed by atoms with van der Waals surface area (Å²) in [7, 11) is 0. The minimum Gasteiger partial charge on any atom is -0.479 e. The first-order chi connectivity index (χ1) is 7.82. The zero-order valence-corrected chi connectivity index (χ0v) is 10.9. The van der Waals surface area contributed by atoms with Crippen molar-refractivity contribution in [2.24, 2.45) is 5.92 Å². The van der Waals surface area contributed by atoms with Crippen LogP contribution in [0.1, 0.15) is 30.8 Å². The molecule has 1 heterocycles. The summed E-state index contributed by atoms with van der Waals surface area (Å²) in [5.74, 6) is -0.629. The van der Waals surface area contributed by atoms with Gasteiger partial charge >= 0.3 is 5.97 Å². The van der Waals surface area contributed by atoms with Crippen molar-refractivity contribution in [1.82, 2.24) is 4.57 Å². The van der Waals surface area contributed by atoms with Crippen LogP contribution >= 0.6 is 0 Å². The van der Waals surface area contributed by atoms with E-state index < -0.39 is 12.1 Å². The SMILES string of the molecule is Cc1cc(CC(O)C(=O)O)c(C)n1CC(C)C. The molecule has 1 aromatic heterocycles. The molecule has 17 heavy (non-hydrogen) atoms. The predicted molar refractivity (Wildman–Crippen MR) is 66.1 cm³/mol. The molecule has 1 unspecified atom stereocenters. The molecule has 0 amide bonds. The standard InChI is InChI=1S/C13H21NO3/c1-8(2)7-14-9(3)5-11(10(14)4)6-12(15)13(16)17/h5,8,12,15H,6-7H2,1-4H3,(H,16,17). The van der Waals surface area contributed by atoms with E-state index in [-0.39, 0.29) is 6.42 Å². The molecule has 0 spiro atoms. The second-order valence-electron chi connectivity index (χ2n) is 4.96. The summed E-state index contributed by atoms with van der Waals surface area (Å²) in [5.41, 5.74) is 3.08. The average molecular weight is 239 g/mol. The number of hydrogen-bond acceptors (Lipinski definition) is 2. The molecule has 1 aromatic rings. The number of carboxylic acid groups (broad SMARTS) is 1. The summed E-state index contributed by atoms with van der Waals surface area (Å²) in [5, 5.41) is 18.1. The number of hydrogen-bond donors (Lipinski definition) is 2. The van der Waals surface area contributed by atoms with E-state index in [1.807, 2.05) is 19.9 Å². The molecule has 0 aliphatic carbocycles. The first-order valence-electron chi connectivity index (χ1n) is 5.89. The molecule has 96 valence electrons. The Morgan fingerprint density at radius 3 is 2.47 bits per heavy atom. The van der Waals surface area contributed by atoms with Gasteiger partial charge in [-0.3, -0.25) is 0 Å². The molecule has 4 nitrogen and oxygen atoms in total. The smallest absolute Gasteiger partial charge is 0.332 e. The van der Waals surface area contributed by atoms with Crippen LogP contribution in [0.15, 0.2) is 6.07 Å². The summed E-state index contributed by atoms with van der Waals surface area (Å²) in [4.78, 5) is 10.6. The number of aliphatic hydroxyl groups excluding tert-OH is 1. The van der Waals surface area contributed by atoms with Gasteiger partial charge in [-0.25, -0.2) is 4.79 Å². The fourth-order valence-corrected chi connectivity index (χ4v) is 2.02. The summed E-state index contributed by atoms with van der Waals surface area (Å²) in [6, 6.07) is 1.96. The van der Waals surface area contributed by atoms with Crippen LogP contribution in [0.5, 0.6) is 0 Å². The van der Waals surface area contributed by atoms with Crippen LogP contribution in [0.2, 0.25) is 0 Å². The Morgan fingerprint density at radius 1 is 1.41 bits per heavy atom. The van der Waals surface area contributed by atoms with E-state index in [9.17, 15) is 9.90 Å². The molecular weight excluding hydrogens is 218 g/mol. The second-order valence-corrected chi connectivity index (χ2v) is 4.96. The van der Waals surface area contributed by atoms with Gasteiger partial charge < -0.3 is 14.8 Å². The first-order valence-corrected chi connectivity index (χ1v) is 5.89. The second kappa shape index (κ2) is 5.36. The molecular formula is C13H21NO3. The van der Waals surface area contributed by atoms with Gasteiger partial charge in [-0.1, -0.05) is 13.8 Å². The zero-order valence-electron chi connectivity index (χ0n) is 10.9. The molecule has 0 aliphatic heterocycles. The molecule has 0 fully saturated rings. The van der Waals surface area contributed by atoms with Crippen LogP contribution in [-0.4, -0.2) is 26.9 Å². The van der Waals surface area contributed by atoms with Crippen molar-refractivity contribution in [2.75, 3.05) is 0 Å². The fourth-order valence-electron chi connectivity index (χ4n) is 2.02. The Kier molecular flexibility index (Phi) is 4.34. The van der Waals surface area contributed by atoms with Crippen LogP contribution in [0.4, 0.5) is 0 Å². The summed E-state index contributed by atoms with van der Waals surface area (Å²) < 4.78 is 2.18. The molecule has 1 rings (SSSR count). The Balaban J connectivity index is 2.92. The van der Waals surface area contributed by atoms with Gasteiger partial charge in [-0.05, 0) is 31.4 Å². The van der Waals surface area contributed by atoms with Gasteiger partial charge in [0.25, 0.3) is 0 Å². The van der Waals surface area contributed by atoms with Crippen molar-refractivity contribution in [3.05, 3.63) is 23.0 Å². The molecule has 0 bridgehead atoms. The minimum atomic E-state index is -1.32. The van der Waals surface area contributed by atoms with E-state index in [1.165, 1.54) is 0 Å². The topological polar surface area (TPSA) is 62.5 Å². The molecule has 1 atom stereocenters. The highest BCUT2D eigenvalue weighted by atomic mass is 16.4. The van der Waals surface area contributed by atoms with Crippen LogP contribution in [0.3, 0.4) is 0 Å². The van der Waals surface area contributed by atoms with Gasteiger partial charge in [-0.2, -0.15) is 0 Å². The van der Waals surface area contributed by atoms with Crippen LogP contribution in [0, 0.1) is 19.8 Å². The van der Waals surface area contributed by atoms with Gasteiger partial charge in [0.15, 0.2) is 6.10 Å². The van der Waals surface area contributed by atoms with Crippen molar-refractivity contribution in [3.63, 3.8) is 0 Å². The van der Waals surface area contributed by atoms with Gasteiger partial charge in [0.2, 0.25) is 0 Å². The maximum Gasteiger partial charge on any atom is 0.332 e. The average Bonchev–Trinajstić information content (AvgIpc) is 2.45. The first kappa shape index (κ1) is 13.8. The predicted octanol–water partition coefficient (Wildman–Crippen LogP) is 1.75. The third-order valence-corrected chi connectivity index (χ3v) is 2.92. The minimum absolute atomic E-state index is 0.174. The summed E-state index contributed by atoms with van der Waals surface area (Å²) in [6.07, 6.45) is -1.14. The number of aromatic nitrogens is 1. The molecule has 0 aromatic carbocycles. The van der Waals surface area contributed by atoms with E-state index in [0.29, 0.717) is 5.92 Å². The lowest BCUT2D eigenvalue weighted by Crippen LogP contribution is -2.22. The number of carboxylic acids is 1. The van der Waals surface area contributed by atoms with Crippen LogP contribution in [-0.2, 0) is 17.8 Å². The lowest BCUT2D eigenvalue weighted by Gasteiger charge is -2.12. The van der Waals surface area contributed by atoms with E-state index in [0.717, 1.165) is 23.5 Å². The number of aliphatic hydroxyl groups is 1. The van der Waals surface area contributed by atoms with E-state index >= 15 is 0 Å². The lowest BCUT2D eigenvalue weighted by molar-refractivity contribution is -0.146. The Hall–Kier alpha value is -1.29. The van der Waals surface area contributed by atoms with E-state index in [2.05, 4.69) is 18.4 Å². The number of nitrogens with zero attached hydrogens (tertiary/aromatic N) is 1. The number of aliphatic carboxylic acids is 1. The van der Waals surface area contributed by atoms with Crippen LogP contribution < -0.4 is 0 Å². The number of aryl methyl sites for hydroxylation is 1. The maximum atomic E-state index is 10.6. The third kappa shape index (κ3) is 3.33. The Labute approximate surface area is 102 Å². The Morgan fingerprint density at radius 2 is 2.00 bits per heavy atom. The van der Waals surface area contributed by atoms with Gasteiger partial charge in [0.05, 0.1) is 0 Å². The Bertz CT molecular complexity index is 407. The van der Waals surface area contributed by atoms with E-state index in [4.69, 9.17) is 5.11 Å². The largest absolute Gasteiger partial charge is 0.479 e. The number of rotatable bonds is 5. The van der Waals surface area contributed by atoms with Crippen LogP contribution in [0.25, 0.3) is 0 Å². The monoisotopic (exact) mass is 239 g/mol. The van der Waals surface area contributed by atoms with Crippen molar-refractivity contribution >= 4 is 5.97 Å². The summed E-state index contributed by atoms with van der Waals surface area (Å²) in [6.45, 7) is 9.18. The maximum absolute atomic E-state index is 10.6. The van der Waals surface area contributed by atoms with Crippen molar-refractivity contribution < 1.29 is 15.0 Å². The fraction of sp³-hybridized carbons (Fsp3) is 0.615. The normalized spacial score (nSPS) is 13.1. The lowest BCUT2D eigenvalue weighted by atomic mass is 10.1. The van der Waals surface area contributed by atoms with Crippen molar-refractivity contribution in [2.45, 2.75) is 46.8 Å². The van der Waals surface area contributed by atoms with Gasteiger partial charge in [0.1, 0.15) is 0 Å². The highest BCUT2D eigenvalue weighted by Crippen LogP contribution is 2.18. The molecule has 0 saturated heterocycles. The third-order valence-electron chi connectivity index (χ3n) is 2.92. The quantitative estimate of drug-likeness (QED) is 0.822. The van der Waals surface area contributed by atoms with Crippen molar-refractivity contribution in [3.8, 4) is 0 Å². The number of carbonyl (C=O) groups is 1. The zero-order chi connectivity index (χ0) is 13.2. The molecule has 0 saturated carbocycles. The molecule has 4 heteroatoms. The highest BCUT2D eigenvalue weighted by Gasteiger charge is 2.18. The molecule has 0 radical (unpaired) electrons. The molecule has 0 aliphatic rings. The van der Waals surface area contributed by atoms with Gasteiger partial charge in [0, 0.05) is 24.4 Å². The molecule has 2 N–H and O–H groups in total. The van der Waals surface area contributed by atoms with E-state index in [1.54, 1.807) is 0 Å². The van der Waals surface area contributed by atoms with Gasteiger partial charge in [-0.15, -0.1) is 0 Å².